The molecule has 2 saturated heterocycles. The third-order valence-electron chi connectivity index (χ3n) is 2.86. The molecule has 0 saturated carbocycles. The van der Waals surface area contributed by atoms with Crippen LogP contribution in [0.3, 0.4) is 0 Å². The molecule has 0 spiro atoms. The van der Waals surface area contributed by atoms with E-state index in [0.29, 0.717) is 24.0 Å². The summed E-state index contributed by atoms with van der Waals surface area (Å²) in [5.41, 5.74) is 0. The molecule has 0 N–H and O–H groups in total. The second-order valence-corrected chi connectivity index (χ2v) is 3.90. The van der Waals surface area contributed by atoms with Crippen LogP contribution in [0.2, 0.25) is 0 Å². The highest BCUT2D eigenvalue weighted by molar-refractivity contribution is 4.89. The van der Waals surface area contributed by atoms with Crippen molar-refractivity contribution in [1.82, 2.24) is 0 Å². The van der Waals surface area contributed by atoms with Gasteiger partial charge in [-0.3, -0.25) is 0 Å². The van der Waals surface area contributed by atoms with E-state index in [1.807, 2.05) is 0 Å². The van der Waals surface area contributed by atoms with Crippen molar-refractivity contribution in [3.63, 3.8) is 0 Å². The van der Waals surface area contributed by atoms with E-state index in [1.54, 1.807) is 0 Å². The van der Waals surface area contributed by atoms with Crippen LogP contribution in [-0.2, 0) is 9.47 Å². The van der Waals surface area contributed by atoms with Gasteiger partial charge in [-0.25, -0.2) is 0 Å². The van der Waals surface area contributed by atoms with E-state index in [9.17, 15) is 0 Å². The summed E-state index contributed by atoms with van der Waals surface area (Å²) in [5, 5.41) is 0. The zero-order chi connectivity index (χ0) is 7.84. The fourth-order valence-electron chi connectivity index (χ4n) is 2.07. The zero-order valence-electron chi connectivity index (χ0n) is 7.25. The Hall–Kier alpha value is -0.0800. The van der Waals surface area contributed by atoms with Crippen LogP contribution in [0.5, 0.6) is 0 Å². The number of ether oxygens (including phenoxy) is 2. The summed E-state index contributed by atoms with van der Waals surface area (Å²) in [6, 6.07) is 0. The monoisotopic (exact) mass is 172 g/mol. The Labute approximate surface area is 75.2 Å². The van der Waals surface area contributed by atoms with Gasteiger partial charge in [0.1, 0.15) is 0 Å². The summed E-state index contributed by atoms with van der Waals surface area (Å²) >= 11 is 0. The molecule has 0 amide bonds. The first-order chi connectivity index (χ1) is 5.29. The summed E-state index contributed by atoms with van der Waals surface area (Å²) in [7, 11) is 0. The molecule has 2 aliphatic heterocycles. The van der Waals surface area contributed by atoms with Crippen molar-refractivity contribution in [2.24, 2.45) is 11.8 Å². The van der Waals surface area contributed by atoms with Crippen molar-refractivity contribution in [3.8, 4) is 0 Å². The molecule has 3 unspecified atom stereocenters. The van der Waals surface area contributed by atoms with Gasteiger partial charge >= 0.3 is 0 Å². The molecule has 0 aromatic heterocycles. The average molecular weight is 172 g/mol. The van der Waals surface area contributed by atoms with Crippen molar-refractivity contribution < 1.29 is 9.47 Å². The molecule has 2 heterocycles. The number of hydrogen-bond acceptors (Lipinski definition) is 2. The molecule has 12 heavy (non-hydrogen) atoms. The Morgan fingerprint density at radius 1 is 1.25 bits per heavy atom. The summed E-state index contributed by atoms with van der Waals surface area (Å²) in [4.78, 5) is 0. The maximum Gasteiger partial charge on any atom is 0.0890 e. The van der Waals surface area contributed by atoms with Gasteiger partial charge in [0.2, 0.25) is 0 Å². The normalized spacial score (nSPS) is 39.8. The molecule has 72 valence electrons. The van der Waals surface area contributed by atoms with Gasteiger partial charge in [-0.2, -0.15) is 0 Å². The summed E-state index contributed by atoms with van der Waals surface area (Å²) < 4.78 is 11.3. The fraction of sp³-hybridized carbons (Fsp3) is 1.00. The van der Waals surface area contributed by atoms with Crippen LogP contribution in [0.15, 0.2) is 0 Å². The van der Waals surface area contributed by atoms with E-state index in [-0.39, 0.29) is 7.43 Å². The lowest BCUT2D eigenvalue weighted by Crippen LogP contribution is -2.26. The zero-order valence-corrected chi connectivity index (χ0v) is 7.25. The third-order valence-corrected chi connectivity index (χ3v) is 2.86. The molecule has 0 aliphatic carbocycles. The van der Waals surface area contributed by atoms with Gasteiger partial charge in [0.05, 0.1) is 18.8 Å². The summed E-state index contributed by atoms with van der Waals surface area (Å²) in [5.74, 6) is 1.34. The van der Waals surface area contributed by atoms with Crippen LogP contribution in [0.25, 0.3) is 0 Å². The predicted octanol–water partition coefficient (Wildman–Crippen LogP) is 2.08. The molecule has 2 rings (SSSR count). The highest BCUT2D eigenvalue weighted by Gasteiger charge is 2.42. The first kappa shape index (κ1) is 10.0. The second-order valence-electron chi connectivity index (χ2n) is 3.90. The lowest BCUT2D eigenvalue weighted by atomic mass is 9.91. The van der Waals surface area contributed by atoms with Crippen molar-refractivity contribution in [1.29, 1.82) is 0 Å². The van der Waals surface area contributed by atoms with E-state index in [4.69, 9.17) is 9.47 Å². The van der Waals surface area contributed by atoms with Crippen LogP contribution >= 0.6 is 0 Å². The molecule has 3 atom stereocenters. The van der Waals surface area contributed by atoms with Gasteiger partial charge in [0.25, 0.3) is 0 Å². The fourth-order valence-corrected chi connectivity index (χ4v) is 2.07. The highest BCUT2D eigenvalue weighted by Crippen LogP contribution is 2.34. The quantitative estimate of drug-likeness (QED) is 0.603. The van der Waals surface area contributed by atoms with Crippen LogP contribution in [0.4, 0.5) is 0 Å². The van der Waals surface area contributed by atoms with Crippen molar-refractivity contribution in [2.45, 2.75) is 39.9 Å². The molecule has 2 fully saturated rings. The Bertz CT molecular complexity index is 145. The Morgan fingerprint density at radius 3 is 2.67 bits per heavy atom. The van der Waals surface area contributed by atoms with Gasteiger partial charge in [-0.1, -0.05) is 21.3 Å². The Kier molecular flexibility index (Phi) is 3.13. The standard InChI is InChI=1S/C9H16O2.CH4/c1-6(2)7-5-11-8-3-4-10-9(7)8;/h6-9H,3-5H2,1-2H3;1H4. The Balaban J connectivity index is 0.000000720. The van der Waals surface area contributed by atoms with Gasteiger partial charge < -0.3 is 9.47 Å². The minimum absolute atomic E-state index is 0. The summed E-state index contributed by atoms with van der Waals surface area (Å²) in [6.07, 6.45) is 1.94. The van der Waals surface area contributed by atoms with Crippen LogP contribution in [0, 0.1) is 11.8 Å². The lowest BCUT2D eigenvalue weighted by molar-refractivity contribution is 0.0551. The SMILES string of the molecule is C.CC(C)C1COC2CCOC21. The van der Waals surface area contributed by atoms with E-state index in [1.165, 1.54) is 0 Å². The van der Waals surface area contributed by atoms with Crippen molar-refractivity contribution in [3.05, 3.63) is 0 Å². The second kappa shape index (κ2) is 3.75. The first-order valence-electron chi connectivity index (χ1n) is 4.52. The molecular weight excluding hydrogens is 152 g/mol. The van der Waals surface area contributed by atoms with E-state index >= 15 is 0 Å². The molecule has 2 heteroatoms. The maximum atomic E-state index is 5.63. The Morgan fingerprint density at radius 2 is 2.00 bits per heavy atom. The van der Waals surface area contributed by atoms with Gasteiger partial charge in [-0.05, 0) is 12.3 Å². The molecule has 0 aromatic rings. The average Bonchev–Trinajstić information content (AvgIpc) is 2.41. The van der Waals surface area contributed by atoms with Gasteiger partial charge in [-0.15, -0.1) is 0 Å². The molecule has 2 nitrogen and oxygen atoms in total. The number of rotatable bonds is 1. The first-order valence-corrected chi connectivity index (χ1v) is 4.52. The minimum Gasteiger partial charge on any atom is -0.375 e. The van der Waals surface area contributed by atoms with Crippen LogP contribution in [0.1, 0.15) is 27.7 Å². The third kappa shape index (κ3) is 1.50. The number of hydrogen-bond donors (Lipinski definition) is 0. The molecule has 0 bridgehead atoms. The largest absolute Gasteiger partial charge is 0.375 e. The highest BCUT2D eigenvalue weighted by atomic mass is 16.6. The molecular formula is C10H20O2. The van der Waals surface area contributed by atoms with Crippen LogP contribution in [-0.4, -0.2) is 25.4 Å². The molecule has 0 radical (unpaired) electrons. The van der Waals surface area contributed by atoms with Gasteiger partial charge in [0, 0.05) is 12.5 Å². The topological polar surface area (TPSA) is 18.5 Å². The maximum absolute atomic E-state index is 5.63. The van der Waals surface area contributed by atoms with E-state index in [2.05, 4.69) is 13.8 Å². The lowest BCUT2D eigenvalue weighted by Gasteiger charge is -2.18. The van der Waals surface area contributed by atoms with Crippen molar-refractivity contribution in [2.75, 3.05) is 13.2 Å². The van der Waals surface area contributed by atoms with Gasteiger partial charge in [0.15, 0.2) is 0 Å². The van der Waals surface area contributed by atoms with Crippen LogP contribution < -0.4 is 0 Å². The summed E-state index contributed by atoms with van der Waals surface area (Å²) in [6.45, 7) is 6.31. The van der Waals surface area contributed by atoms with E-state index < -0.39 is 0 Å². The van der Waals surface area contributed by atoms with Crippen molar-refractivity contribution >= 4 is 0 Å². The molecule has 2 aliphatic rings. The smallest absolute Gasteiger partial charge is 0.0890 e. The van der Waals surface area contributed by atoms with E-state index in [0.717, 1.165) is 19.6 Å². The predicted molar refractivity (Wildman–Crippen MR) is 49.2 cm³/mol. The minimum atomic E-state index is 0. The molecule has 0 aromatic carbocycles. The number of fused-ring (bicyclic) bond motifs is 1.